The molecule has 19 nitrogen and oxygen atoms in total. The molecule has 0 saturated heterocycles. The van der Waals surface area contributed by atoms with Crippen molar-refractivity contribution in [2.75, 3.05) is 13.2 Å². The molecule has 310 valence electrons. The van der Waals surface area contributed by atoms with Gasteiger partial charge in [0.25, 0.3) is 0 Å². The number of amides is 7. The number of carboxylic acid groups (broad SMARTS) is 1. The molecule has 0 aliphatic heterocycles. The van der Waals surface area contributed by atoms with Crippen LogP contribution in [0.1, 0.15) is 72.3 Å². The molecule has 0 radical (unpaired) electrons. The van der Waals surface area contributed by atoms with E-state index in [2.05, 4.69) is 36.9 Å². The summed E-state index contributed by atoms with van der Waals surface area (Å²) in [6, 6.07) is -0.464. The Morgan fingerprint density at radius 3 is 1.98 bits per heavy atom. The van der Waals surface area contributed by atoms with Crippen LogP contribution in [0.15, 0.2) is 30.5 Å². The highest BCUT2D eigenvalue weighted by Crippen LogP contribution is 2.19. The van der Waals surface area contributed by atoms with Gasteiger partial charge in [-0.1, -0.05) is 65.7 Å². The molecule has 1 aromatic heterocycles. The van der Waals surface area contributed by atoms with E-state index >= 15 is 0 Å². The molecule has 13 N–H and O–H groups in total. The number of aromatic nitrogens is 1. The van der Waals surface area contributed by atoms with E-state index in [9.17, 15) is 43.5 Å². The van der Waals surface area contributed by atoms with Crippen molar-refractivity contribution in [1.82, 2.24) is 36.9 Å². The number of unbranched alkanes of at least 4 members (excludes halogenated alkanes) is 1. The van der Waals surface area contributed by atoms with Crippen LogP contribution in [-0.4, -0.2) is 112 Å². The maximum absolute atomic E-state index is 13.9. The molecule has 7 amide bonds. The zero-order valence-electron chi connectivity index (χ0n) is 32.5. The van der Waals surface area contributed by atoms with E-state index in [-0.39, 0.29) is 18.8 Å². The molecule has 1 heterocycles. The Morgan fingerprint density at radius 1 is 0.786 bits per heavy atom. The Morgan fingerprint density at radius 2 is 1.39 bits per heavy atom. The van der Waals surface area contributed by atoms with Gasteiger partial charge in [0.2, 0.25) is 41.4 Å². The maximum atomic E-state index is 13.9. The molecule has 0 aliphatic carbocycles. The van der Waals surface area contributed by atoms with Gasteiger partial charge in [0.15, 0.2) is 0 Å². The van der Waals surface area contributed by atoms with E-state index in [0.717, 1.165) is 17.3 Å². The van der Waals surface area contributed by atoms with Gasteiger partial charge >= 0.3 is 5.97 Å². The van der Waals surface area contributed by atoms with Crippen LogP contribution in [0, 0.1) is 11.8 Å². The molecule has 0 bridgehead atoms. The standard InChI is InChI=1S/C37H57N9O10/c1-6-7-11-25(32(39)51)43-34(53)26(13-19(2)3)42-29(48)17-41-37(56)31(20(4)5)46-35(54)27(14-21-16-40-24-12-9-8-10-22(21)24)44-36(55)28(18-47)45-33(52)23(38)15-30(49)50/h8-10,12,16,19-20,23,25-28,31,40,47H,6-7,11,13-15,17-18,38H2,1-5H3,(H2,39,51)(H,41,56)(H,42,48)(H,43,53)(H,44,55)(H,45,52)(H,46,54)(H,49,50)/t23-,25-,26-,27-,28-,31-/m0/s1. The lowest BCUT2D eigenvalue weighted by Crippen LogP contribution is -2.60. The number of H-pyrrole nitrogens is 1. The quantitative estimate of drug-likeness (QED) is 0.0577. The minimum Gasteiger partial charge on any atom is -0.481 e. The number of nitrogens with two attached hydrogens (primary N) is 2. The summed E-state index contributed by atoms with van der Waals surface area (Å²) in [6.07, 6.45) is 2.81. The summed E-state index contributed by atoms with van der Waals surface area (Å²) >= 11 is 0. The fourth-order valence-corrected chi connectivity index (χ4v) is 5.74. The van der Waals surface area contributed by atoms with Crippen molar-refractivity contribution in [2.45, 2.75) is 109 Å². The topological polar surface area (TPSA) is 317 Å². The predicted octanol–water partition coefficient (Wildman–Crippen LogP) is -1.58. The number of nitrogens with one attached hydrogen (secondary N) is 7. The van der Waals surface area contributed by atoms with E-state index in [1.54, 1.807) is 38.2 Å². The van der Waals surface area contributed by atoms with Gasteiger partial charge in [-0.05, 0) is 36.3 Å². The van der Waals surface area contributed by atoms with Crippen molar-refractivity contribution in [2.24, 2.45) is 23.3 Å². The normalized spacial score (nSPS) is 14.4. The highest BCUT2D eigenvalue weighted by atomic mass is 16.4. The molecule has 56 heavy (non-hydrogen) atoms. The molecule has 0 aliphatic rings. The van der Waals surface area contributed by atoms with Crippen LogP contribution in [0.25, 0.3) is 10.9 Å². The summed E-state index contributed by atoms with van der Waals surface area (Å²) in [5, 5.41) is 34.6. The van der Waals surface area contributed by atoms with Gasteiger partial charge in [-0.3, -0.25) is 38.4 Å². The number of aliphatic hydroxyl groups is 1. The molecule has 0 saturated carbocycles. The van der Waals surface area contributed by atoms with Crippen LogP contribution < -0.4 is 43.4 Å². The second-order valence-corrected chi connectivity index (χ2v) is 14.4. The van der Waals surface area contributed by atoms with Crippen molar-refractivity contribution in [3.05, 3.63) is 36.0 Å². The number of carbonyl (C=O) groups is 8. The number of aliphatic hydroxyl groups excluding tert-OH is 1. The third kappa shape index (κ3) is 14.9. The zero-order valence-corrected chi connectivity index (χ0v) is 32.5. The molecular weight excluding hydrogens is 730 g/mol. The van der Waals surface area contributed by atoms with Gasteiger partial charge in [0.1, 0.15) is 30.2 Å². The number of rotatable bonds is 24. The third-order valence-corrected chi connectivity index (χ3v) is 8.81. The first-order chi connectivity index (χ1) is 26.4. The van der Waals surface area contributed by atoms with Crippen LogP contribution in [0.3, 0.4) is 0 Å². The van der Waals surface area contributed by atoms with Crippen molar-refractivity contribution in [3.8, 4) is 0 Å². The Hall–Kier alpha value is -5.56. The van der Waals surface area contributed by atoms with Crippen LogP contribution >= 0.6 is 0 Å². The van der Waals surface area contributed by atoms with Crippen LogP contribution in [0.2, 0.25) is 0 Å². The van der Waals surface area contributed by atoms with Gasteiger partial charge < -0.3 is 58.6 Å². The second kappa shape index (κ2) is 22.7. The lowest BCUT2D eigenvalue weighted by molar-refractivity contribution is -0.140. The van der Waals surface area contributed by atoms with Crippen molar-refractivity contribution in [1.29, 1.82) is 0 Å². The number of aromatic amines is 1. The molecule has 6 atom stereocenters. The van der Waals surface area contributed by atoms with Gasteiger partial charge in [0.05, 0.1) is 25.6 Å². The number of carboxylic acids is 1. The number of hydrogen-bond acceptors (Lipinski definition) is 10. The average molecular weight is 788 g/mol. The Kier molecular flexibility index (Phi) is 18.9. The van der Waals surface area contributed by atoms with Crippen molar-refractivity contribution < 1.29 is 48.6 Å². The lowest BCUT2D eigenvalue weighted by atomic mass is 10.00. The summed E-state index contributed by atoms with van der Waals surface area (Å²) < 4.78 is 0. The number of carbonyl (C=O) groups excluding carboxylic acids is 7. The molecule has 0 unspecified atom stereocenters. The molecule has 1 aromatic carbocycles. The first-order valence-corrected chi connectivity index (χ1v) is 18.6. The highest BCUT2D eigenvalue weighted by Gasteiger charge is 2.33. The number of para-hydroxylation sites is 1. The molecule has 2 rings (SSSR count). The highest BCUT2D eigenvalue weighted by molar-refractivity contribution is 5.97. The minimum absolute atomic E-state index is 0.0278. The Labute approximate surface area is 325 Å². The Bertz CT molecular complexity index is 1700. The summed E-state index contributed by atoms with van der Waals surface area (Å²) in [5.74, 6) is -7.47. The van der Waals surface area contributed by atoms with E-state index < -0.39 is 109 Å². The van der Waals surface area contributed by atoms with E-state index in [0.29, 0.717) is 18.4 Å². The fourth-order valence-electron chi connectivity index (χ4n) is 5.74. The maximum Gasteiger partial charge on any atom is 0.305 e. The summed E-state index contributed by atoms with van der Waals surface area (Å²) in [5.41, 5.74) is 12.4. The molecular formula is C37H57N9O10. The number of fused-ring (bicyclic) bond motifs is 1. The fraction of sp³-hybridized carbons (Fsp3) is 0.568. The van der Waals surface area contributed by atoms with Crippen molar-refractivity contribution in [3.63, 3.8) is 0 Å². The molecule has 0 fully saturated rings. The van der Waals surface area contributed by atoms with Crippen LogP contribution in [0.4, 0.5) is 0 Å². The number of aliphatic carboxylic acids is 1. The number of hydrogen-bond donors (Lipinski definition) is 11. The lowest BCUT2D eigenvalue weighted by Gasteiger charge is -2.27. The monoisotopic (exact) mass is 787 g/mol. The van der Waals surface area contributed by atoms with Crippen LogP contribution in [0.5, 0.6) is 0 Å². The zero-order chi connectivity index (χ0) is 42.1. The van der Waals surface area contributed by atoms with Gasteiger partial charge in [-0.25, -0.2) is 0 Å². The largest absolute Gasteiger partial charge is 0.481 e. The van der Waals surface area contributed by atoms with Crippen molar-refractivity contribution >= 4 is 58.2 Å². The smallest absolute Gasteiger partial charge is 0.305 e. The molecule has 19 heteroatoms. The summed E-state index contributed by atoms with van der Waals surface area (Å²) in [7, 11) is 0. The number of benzene rings is 1. The SMILES string of the molecule is CCCC[C@H](NC(=O)[C@H](CC(C)C)NC(=O)CNC(=O)[C@@H](NC(=O)[C@H](Cc1c[nH]c2ccccc12)NC(=O)[C@H](CO)NC(=O)[C@@H](N)CC(=O)O)C(C)C)C(N)=O. The number of primary amides is 1. The van der Waals surface area contributed by atoms with Crippen LogP contribution in [-0.2, 0) is 44.8 Å². The first kappa shape index (κ1) is 46.6. The molecule has 0 spiro atoms. The summed E-state index contributed by atoms with van der Waals surface area (Å²) in [4.78, 5) is 105. The van der Waals surface area contributed by atoms with E-state index in [1.807, 2.05) is 26.8 Å². The van der Waals surface area contributed by atoms with E-state index in [1.165, 1.54) is 0 Å². The molecule has 2 aromatic rings. The minimum atomic E-state index is -1.61. The van der Waals surface area contributed by atoms with Gasteiger partial charge in [0, 0.05) is 23.5 Å². The summed E-state index contributed by atoms with van der Waals surface area (Å²) in [6.45, 7) is 7.43. The predicted molar refractivity (Wildman–Crippen MR) is 205 cm³/mol. The van der Waals surface area contributed by atoms with Gasteiger partial charge in [-0.15, -0.1) is 0 Å². The Balaban J connectivity index is 2.23. The van der Waals surface area contributed by atoms with Gasteiger partial charge in [-0.2, -0.15) is 0 Å². The first-order valence-electron chi connectivity index (χ1n) is 18.6. The average Bonchev–Trinajstić information content (AvgIpc) is 3.54. The third-order valence-electron chi connectivity index (χ3n) is 8.81. The second-order valence-electron chi connectivity index (χ2n) is 14.4. The van der Waals surface area contributed by atoms with E-state index in [4.69, 9.17) is 16.6 Å².